The average molecular weight is 1190 g/mol. The summed E-state index contributed by atoms with van der Waals surface area (Å²) in [6.45, 7) is 27.9. The Bertz CT molecular complexity index is 5380. The Kier molecular flexibility index (Phi) is 11.9. The van der Waals surface area contributed by atoms with Crippen LogP contribution >= 0.6 is 0 Å². The lowest BCUT2D eigenvalue weighted by Crippen LogP contribution is -2.16. The Balaban J connectivity index is 1.05. The first-order chi connectivity index (χ1) is 44.1. The molecular weight excluding hydrogens is 1110 g/mol. The smallest absolute Gasteiger partial charge is 0.0737 e. The molecule has 0 atom stereocenters. The highest BCUT2D eigenvalue weighted by molar-refractivity contribution is 6.36. The molecule has 17 rings (SSSR count). The molecule has 2 N–H and O–H groups in total. The van der Waals surface area contributed by atoms with Crippen molar-refractivity contribution in [1.29, 1.82) is 0 Å². The zero-order valence-electron chi connectivity index (χ0n) is 54.7. The van der Waals surface area contributed by atoms with E-state index in [-0.39, 0.29) is 21.7 Å². The van der Waals surface area contributed by atoms with Crippen LogP contribution in [0.5, 0.6) is 0 Å². The van der Waals surface area contributed by atoms with E-state index in [2.05, 4.69) is 311 Å². The Morgan fingerprint density at radius 3 is 0.826 bits per heavy atom. The van der Waals surface area contributed by atoms with Crippen LogP contribution in [0.1, 0.15) is 128 Å². The minimum absolute atomic E-state index is 0.131. The fourth-order valence-corrected chi connectivity index (χ4v) is 15.4. The summed E-state index contributed by atoms with van der Waals surface area (Å²) in [5.74, 6) is 0. The molecule has 0 saturated heterocycles. The van der Waals surface area contributed by atoms with Crippen LogP contribution in [0.25, 0.3) is 177 Å². The van der Waals surface area contributed by atoms with Crippen molar-refractivity contribution in [2.75, 3.05) is 0 Å². The van der Waals surface area contributed by atoms with Crippen molar-refractivity contribution in [3.63, 3.8) is 0 Å². The first kappa shape index (κ1) is 55.9. The van der Waals surface area contributed by atoms with Crippen molar-refractivity contribution in [2.24, 2.45) is 0 Å². The van der Waals surface area contributed by atoms with Crippen LogP contribution < -0.4 is 0 Å². The molecule has 0 radical (unpaired) electrons. The average Bonchev–Trinajstić information content (AvgIpc) is 0.829. The standard InChI is InChI=1S/C88H74N4/c1-85(2,3)53-43-51(44-54(47-53)86(4,5)6)79-69-35-39-73(89-69)83(67-33-31-65-59-25-15-21-49-19-13-23-57(77(49)59)61-27-17-29-63(67)81(61)65)75-41-37-71(91-75)80(52-45-55(87(7,8)9)48-56(46-52)88(10,11)12)72-38-42-76(92-72)84(74-40-36-70(79)90-74)68-34-32-66-60-26-16-22-50-20-14-24-58(78(50)60)62-28-18-30-64(68)82(62)66/h13-48,89,92H,1-12H3. The lowest BCUT2D eigenvalue weighted by Gasteiger charge is -2.26. The summed E-state index contributed by atoms with van der Waals surface area (Å²) in [6.07, 6.45) is 9.05. The number of nitrogens with zero attached hydrogens (tertiary/aromatic N) is 2. The molecule has 4 heteroatoms. The first-order valence-corrected chi connectivity index (χ1v) is 32.8. The number of benzene rings is 12. The summed E-state index contributed by atoms with van der Waals surface area (Å²) in [4.78, 5) is 20.3. The molecule has 0 fully saturated rings. The van der Waals surface area contributed by atoms with Crippen LogP contribution in [-0.2, 0) is 21.7 Å². The lowest BCUT2D eigenvalue weighted by atomic mass is 9.78. The van der Waals surface area contributed by atoms with Gasteiger partial charge in [0.05, 0.1) is 22.8 Å². The van der Waals surface area contributed by atoms with Crippen molar-refractivity contribution in [3.05, 3.63) is 239 Å². The molecular formula is C88H74N4. The van der Waals surface area contributed by atoms with Gasteiger partial charge >= 0.3 is 0 Å². The van der Waals surface area contributed by atoms with E-state index in [0.717, 1.165) is 89.4 Å². The van der Waals surface area contributed by atoms with Crippen LogP contribution in [0.4, 0.5) is 0 Å². The number of H-pyrrole nitrogens is 2. The molecule has 5 heterocycles. The first-order valence-electron chi connectivity index (χ1n) is 32.8. The van der Waals surface area contributed by atoms with Crippen LogP contribution in [0, 0.1) is 0 Å². The molecule has 3 aromatic heterocycles. The quantitative estimate of drug-likeness (QED) is 0.136. The van der Waals surface area contributed by atoms with Crippen molar-refractivity contribution < 1.29 is 0 Å². The van der Waals surface area contributed by atoms with Gasteiger partial charge in [0.2, 0.25) is 0 Å². The molecule has 0 amide bonds. The normalized spacial score (nSPS) is 13.3. The van der Waals surface area contributed by atoms with E-state index in [1.807, 2.05) is 0 Å². The SMILES string of the molecule is CC(C)(C)c1cc(-c2c3nc(c(-c4ccc5c6cccc7cccc(c8cccc4c85)c76)c4ccc([nH]4)c(-c4cc(C(C)(C)C)cc(C(C)(C)C)c4)c4nc(c(-c5ccc6c7cccc8cccc(c9cccc5c96)c87)c5ccc2[nH]5)C=C4)C=C3)cc(C(C)(C)C)c1. The highest BCUT2D eigenvalue weighted by Gasteiger charge is 2.28. The van der Waals surface area contributed by atoms with Gasteiger partial charge in [-0.25, -0.2) is 9.97 Å². The number of hydrogen-bond acceptors (Lipinski definition) is 2. The molecule has 0 aliphatic carbocycles. The van der Waals surface area contributed by atoms with E-state index in [0.29, 0.717) is 0 Å². The molecule has 0 unspecified atom stereocenters. The number of aromatic nitrogens is 4. The maximum absolute atomic E-state index is 5.97. The third kappa shape index (κ3) is 8.63. The van der Waals surface area contributed by atoms with E-state index < -0.39 is 0 Å². The van der Waals surface area contributed by atoms with E-state index in [4.69, 9.17) is 9.97 Å². The topological polar surface area (TPSA) is 57.4 Å². The van der Waals surface area contributed by atoms with Gasteiger partial charge in [-0.1, -0.05) is 253 Å². The number of rotatable bonds is 4. The maximum Gasteiger partial charge on any atom is 0.0737 e. The minimum atomic E-state index is -0.131. The van der Waals surface area contributed by atoms with E-state index in [9.17, 15) is 0 Å². The lowest BCUT2D eigenvalue weighted by molar-refractivity contribution is 0.568. The van der Waals surface area contributed by atoms with Gasteiger partial charge < -0.3 is 9.97 Å². The number of hydrogen-bond donors (Lipinski definition) is 2. The largest absolute Gasteiger partial charge is 0.354 e. The summed E-state index contributed by atoms with van der Waals surface area (Å²) in [6, 6.07) is 73.9. The molecule has 2 aliphatic rings. The molecule has 4 nitrogen and oxygen atoms in total. The Hall–Kier alpha value is -10.2. The number of nitrogens with one attached hydrogen (secondary N) is 2. The van der Waals surface area contributed by atoms with E-state index in [1.54, 1.807) is 0 Å². The molecule has 0 spiro atoms. The van der Waals surface area contributed by atoms with Gasteiger partial charge in [-0.15, -0.1) is 0 Å². The fraction of sp³-hybridized carbons (Fsp3) is 0.182. The molecule has 92 heavy (non-hydrogen) atoms. The Morgan fingerprint density at radius 1 is 0.250 bits per heavy atom. The second kappa shape index (κ2) is 19.7. The molecule has 12 aromatic carbocycles. The van der Waals surface area contributed by atoms with Crippen molar-refractivity contribution in [3.8, 4) is 44.5 Å². The van der Waals surface area contributed by atoms with Crippen molar-refractivity contribution in [1.82, 2.24) is 19.9 Å². The predicted octanol–water partition coefficient (Wildman–Crippen LogP) is 24.6. The van der Waals surface area contributed by atoms with Crippen LogP contribution in [0.3, 0.4) is 0 Å². The van der Waals surface area contributed by atoms with Crippen LogP contribution in [0.2, 0.25) is 0 Å². The van der Waals surface area contributed by atoms with Crippen molar-refractivity contribution >= 4 is 133 Å². The van der Waals surface area contributed by atoms with Gasteiger partial charge in [-0.2, -0.15) is 0 Å². The highest BCUT2D eigenvalue weighted by Crippen LogP contribution is 2.49. The summed E-state index contributed by atoms with van der Waals surface area (Å²) in [5, 5.41) is 20.1. The Labute approximate surface area is 537 Å². The van der Waals surface area contributed by atoms with Gasteiger partial charge in [0.25, 0.3) is 0 Å². The highest BCUT2D eigenvalue weighted by atomic mass is 14.8. The zero-order valence-corrected chi connectivity index (χ0v) is 54.7. The van der Waals surface area contributed by atoms with Crippen LogP contribution in [-0.4, -0.2) is 19.9 Å². The minimum Gasteiger partial charge on any atom is -0.354 e. The van der Waals surface area contributed by atoms with Crippen molar-refractivity contribution in [2.45, 2.75) is 105 Å². The zero-order chi connectivity index (χ0) is 63.1. The number of aromatic amines is 2. The molecule has 446 valence electrons. The Morgan fingerprint density at radius 2 is 0.511 bits per heavy atom. The van der Waals surface area contributed by atoms with Crippen LogP contribution in [0.15, 0.2) is 194 Å². The number of fused-ring (bicyclic) bond motifs is 12. The molecule has 15 aromatic rings. The van der Waals surface area contributed by atoms with E-state index >= 15 is 0 Å². The molecule has 2 aliphatic heterocycles. The third-order valence-corrected chi connectivity index (χ3v) is 20.3. The molecule has 8 bridgehead atoms. The predicted molar refractivity (Wildman–Crippen MR) is 398 cm³/mol. The summed E-state index contributed by atoms with van der Waals surface area (Å²) in [5.41, 5.74) is 20.7. The third-order valence-electron chi connectivity index (χ3n) is 20.3. The van der Waals surface area contributed by atoms with Gasteiger partial charge in [0.1, 0.15) is 0 Å². The second-order valence-corrected chi connectivity index (χ2v) is 30.3. The van der Waals surface area contributed by atoms with Gasteiger partial charge in [0.15, 0.2) is 0 Å². The summed E-state index contributed by atoms with van der Waals surface area (Å²) >= 11 is 0. The van der Waals surface area contributed by atoms with E-state index in [1.165, 1.54) is 108 Å². The second-order valence-electron chi connectivity index (χ2n) is 30.3. The van der Waals surface area contributed by atoms with Gasteiger partial charge in [0, 0.05) is 44.3 Å². The monoisotopic (exact) mass is 1190 g/mol. The fourth-order valence-electron chi connectivity index (χ4n) is 15.4. The summed E-state index contributed by atoms with van der Waals surface area (Å²) < 4.78 is 0. The summed E-state index contributed by atoms with van der Waals surface area (Å²) in [7, 11) is 0. The van der Waals surface area contributed by atoms with Gasteiger partial charge in [-0.05, 0) is 201 Å². The molecule has 0 saturated carbocycles. The van der Waals surface area contributed by atoms with Gasteiger partial charge in [-0.3, -0.25) is 0 Å². The maximum atomic E-state index is 5.97.